The molecule has 96 valence electrons. The molecule has 0 aliphatic carbocycles. The Balaban J connectivity index is 2.59. The van der Waals surface area contributed by atoms with Crippen LogP contribution in [0.5, 0.6) is 0 Å². The first kappa shape index (κ1) is 14.4. The summed E-state index contributed by atoms with van der Waals surface area (Å²) in [7, 11) is 1.62. The Hall–Kier alpha value is -0.660. The lowest BCUT2D eigenvalue weighted by Crippen LogP contribution is -2.42. The van der Waals surface area contributed by atoms with Gasteiger partial charge in [-0.15, -0.1) is 0 Å². The number of alkyl halides is 3. The van der Waals surface area contributed by atoms with Gasteiger partial charge in [-0.1, -0.05) is 12.2 Å². The largest absolute Gasteiger partial charge is 0.399 e. The molecule has 1 aromatic rings. The highest BCUT2D eigenvalue weighted by molar-refractivity contribution is 7.80. The summed E-state index contributed by atoms with van der Waals surface area (Å²) < 4.78 is 37.9. The molecule has 2 nitrogen and oxygen atoms in total. The quantitative estimate of drug-likeness (QED) is 0.842. The van der Waals surface area contributed by atoms with Gasteiger partial charge in [-0.25, -0.2) is 0 Å². The van der Waals surface area contributed by atoms with Crippen molar-refractivity contribution in [3.05, 3.63) is 22.4 Å². The van der Waals surface area contributed by atoms with Crippen LogP contribution in [0.2, 0.25) is 0 Å². The molecule has 0 bridgehead atoms. The van der Waals surface area contributed by atoms with Crippen molar-refractivity contribution in [1.82, 2.24) is 4.90 Å². The minimum Gasteiger partial charge on any atom is -0.393 e. The maximum atomic E-state index is 12.6. The normalized spacial score (nSPS) is 13.9. The van der Waals surface area contributed by atoms with Crippen LogP contribution >= 0.6 is 23.6 Å². The number of thiocarbonyl (C=S) groups is 1. The molecule has 0 saturated carbocycles. The molecule has 0 spiro atoms. The fourth-order valence-corrected chi connectivity index (χ4v) is 2.29. The van der Waals surface area contributed by atoms with E-state index in [9.17, 15) is 13.2 Å². The van der Waals surface area contributed by atoms with E-state index in [4.69, 9.17) is 5.73 Å². The summed E-state index contributed by atoms with van der Waals surface area (Å²) in [6, 6.07) is 1.88. The highest BCUT2D eigenvalue weighted by Gasteiger charge is 2.42. The lowest BCUT2D eigenvalue weighted by molar-refractivity contribution is -0.158. The average molecular weight is 282 g/mol. The molecule has 0 aliphatic rings. The number of thiophene rings is 1. The molecule has 7 heteroatoms. The number of hydrogen-bond acceptors (Lipinski definition) is 3. The van der Waals surface area contributed by atoms with E-state index in [0.29, 0.717) is 6.54 Å². The van der Waals surface area contributed by atoms with E-state index in [1.54, 1.807) is 11.9 Å². The van der Waals surface area contributed by atoms with Crippen molar-refractivity contribution in [1.29, 1.82) is 0 Å². The highest BCUT2D eigenvalue weighted by atomic mass is 32.1. The Morgan fingerprint density at radius 3 is 2.65 bits per heavy atom. The molecule has 1 atom stereocenters. The van der Waals surface area contributed by atoms with Crippen LogP contribution in [0.25, 0.3) is 0 Å². The van der Waals surface area contributed by atoms with Gasteiger partial charge in [0.05, 0.1) is 4.99 Å². The second kappa shape index (κ2) is 5.79. The molecule has 1 aromatic heterocycles. The second-order valence-corrected chi connectivity index (χ2v) is 5.08. The fraction of sp³-hybridized carbons (Fsp3) is 0.500. The van der Waals surface area contributed by atoms with Crippen molar-refractivity contribution in [2.75, 3.05) is 13.6 Å². The van der Waals surface area contributed by atoms with Gasteiger partial charge in [-0.3, -0.25) is 0 Å². The zero-order chi connectivity index (χ0) is 13.1. The smallest absolute Gasteiger partial charge is 0.393 e. The predicted octanol–water partition coefficient (Wildman–Crippen LogP) is 2.64. The number of rotatable bonds is 5. The predicted molar refractivity (Wildman–Crippen MR) is 67.0 cm³/mol. The Labute approximate surface area is 107 Å². The molecule has 0 aliphatic heterocycles. The molecule has 0 radical (unpaired) electrons. The first-order chi connectivity index (χ1) is 7.80. The fourth-order valence-electron chi connectivity index (χ4n) is 1.43. The molecule has 1 unspecified atom stereocenters. The van der Waals surface area contributed by atoms with Crippen LogP contribution in [0.1, 0.15) is 5.56 Å². The maximum Gasteiger partial charge on any atom is 0.399 e. The number of nitrogens with two attached hydrogens (primary N) is 1. The third-order valence-electron chi connectivity index (χ3n) is 2.27. The van der Waals surface area contributed by atoms with Crippen molar-refractivity contribution in [2.24, 2.45) is 11.7 Å². The van der Waals surface area contributed by atoms with Crippen molar-refractivity contribution >= 4 is 28.5 Å². The molecular weight excluding hydrogens is 269 g/mol. The van der Waals surface area contributed by atoms with E-state index in [0.717, 1.165) is 5.56 Å². The van der Waals surface area contributed by atoms with E-state index in [1.165, 1.54) is 11.3 Å². The summed E-state index contributed by atoms with van der Waals surface area (Å²) >= 11 is 5.98. The van der Waals surface area contributed by atoms with Crippen molar-refractivity contribution < 1.29 is 13.2 Å². The molecule has 0 fully saturated rings. The summed E-state index contributed by atoms with van der Waals surface area (Å²) in [5.74, 6) is -1.75. The maximum absolute atomic E-state index is 12.6. The zero-order valence-corrected chi connectivity index (χ0v) is 10.8. The van der Waals surface area contributed by atoms with Crippen LogP contribution in [0, 0.1) is 5.92 Å². The number of hydrogen-bond donors (Lipinski definition) is 1. The van der Waals surface area contributed by atoms with Crippen LogP contribution in [0.15, 0.2) is 16.8 Å². The van der Waals surface area contributed by atoms with Gasteiger partial charge in [0.1, 0.15) is 5.92 Å². The average Bonchev–Trinajstić information content (AvgIpc) is 2.64. The number of nitrogens with zero attached hydrogens (tertiary/aromatic N) is 1. The second-order valence-electron chi connectivity index (χ2n) is 3.82. The molecule has 0 amide bonds. The minimum atomic E-state index is -4.38. The topological polar surface area (TPSA) is 29.3 Å². The molecule has 1 rings (SSSR count). The van der Waals surface area contributed by atoms with Gasteiger partial charge < -0.3 is 10.6 Å². The Bertz CT molecular complexity index is 362. The van der Waals surface area contributed by atoms with Gasteiger partial charge in [0, 0.05) is 13.1 Å². The molecule has 0 aromatic carbocycles. The van der Waals surface area contributed by atoms with Crippen molar-refractivity contribution in [2.45, 2.75) is 12.7 Å². The third-order valence-corrected chi connectivity index (χ3v) is 3.28. The van der Waals surface area contributed by atoms with Crippen molar-refractivity contribution in [3.8, 4) is 0 Å². The van der Waals surface area contributed by atoms with Crippen molar-refractivity contribution in [3.63, 3.8) is 0 Å². The van der Waals surface area contributed by atoms with E-state index in [-0.39, 0.29) is 6.54 Å². The standard InChI is InChI=1S/C10H13F3N2S2/c1-15(4-7-2-3-17-6-7)5-8(9(14)16)10(11,12)13/h2-3,6,8H,4-5H2,1H3,(H2,14,16). The van der Waals surface area contributed by atoms with Crippen LogP contribution in [0.4, 0.5) is 13.2 Å². The summed E-state index contributed by atoms with van der Waals surface area (Å²) in [6.45, 7) is 0.243. The SMILES string of the molecule is CN(Cc1ccsc1)CC(C(N)=S)C(F)(F)F. The minimum absolute atomic E-state index is 0.214. The first-order valence-corrected chi connectivity index (χ1v) is 6.21. The van der Waals surface area contributed by atoms with E-state index < -0.39 is 17.1 Å². The van der Waals surface area contributed by atoms with Crippen LogP contribution in [0.3, 0.4) is 0 Å². The van der Waals surface area contributed by atoms with Crippen LogP contribution in [-0.2, 0) is 6.54 Å². The molecule has 2 N–H and O–H groups in total. The monoisotopic (exact) mass is 282 g/mol. The molecule has 0 saturated heterocycles. The van der Waals surface area contributed by atoms with Gasteiger partial charge in [-0.05, 0) is 29.4 Å². The number of halogens is 3. The van der Waals surface area contributed by atoms with Crippen LogP contribution < -0.4 is 5.73 Å². The first-order valence-electron chi connectivity index (χ1n) is 4.86. The molecule has 1 heterocycles. The van der Waals surface area contributed by atoms with E-state index in [2.05, 4.69) is 12.2 Å². The van der Waals surface area contributed by atoms with Gasteiger partial charge in [0.2, 0.25) is 0 Å². The van der Waals surface area contributed by atoms with Gasteiger partial charge >= 0.3 is 6.18 Å². The lowest BCUT2D eigenvalue weighted by atomic mass is 10.1. The summed E-state index contributed by atoms with van der Waals surface area (Å²) in [5.41, 5.74) is 6.12. The lowest BCUT2D eigenvalue weighted by Gasteiger charge is -2.24. The Morgan fingerprint density at radius 1 is 1.59 bits per heavy atom. The zero-order valence-electron chi connectivity index (χ0n) is 9.20. The van der Waals surface area contributed by atoms with E-state index in [1.807, 2.05) is 16.8 Å². The third kappa shape index (κ3) is 4.61. The van der Waals surface area contributed by atoms with Crippen LogP contribution in [-0.4, -0.2) is 29.7 Å². The van der Waals surface area contributed by atoms with Gasteiger partial charge in [0.15, 0.2) is 0 Å². The Kier molecular flexibility index (Phi) is 4.91. The Morgan fingerprint density at radius 2 is 2.24 bits per heavy atom. The molecular formula is C10H13F3N2S2. The molecule has 17 heavy (non-hydrogen) atoms. The van der Waals surface area contributed by atoms with E-state index >= 15 is 0 Å². The highest BCUT2D eigenvalue weighted by Crippen LogP contribution is 2.27. The summed E-state index contributed by atoms with van der Waals surface area (Å²) in [6.07, 6.45) is -4.38. The van der Waals surface area contributed by atoms with Gasteiger partial charge in [0.25, 0.3) is 0 Å². The van der Waals surface area contributed by atoms with Gasteiger partial charge in [-0.2, -0.15) is 24.5 Å². The summed E-state index contributed by atoms with van der Waals surface area (Å²) in [4.78, 5) is 1.06. The summed E-state index contributed by atoms with van der Waals surface area (Å²) in [5, 5.41) is 3.79.